The van der Waals surface area contributed by atoms with Crippen molar-refractivity contribution >= 4 is 23.5 Å². The van der Waals surface area contributed by atoms with E-state index in [0.29, 0.717) is 30.3 Å². The van der Waals surface area contributed by atoms with Crippen LogP contribution in [0.25, 0.3) is 5.57 Å². The molecule has 0 saturated heterocycles. The molecule has 1 aliphatic heterocycles. The molecule has 0 fully saturated rings. The zero-order valence-corrected chi connectivity index (χ0v) is 23.8. The molecule has 1 atom stereocenters. The fourth-order valence-electron chi connectivity index (χ4n) is 4.34. The Balaban J connectivity index is 1.92. The van der Waals surface area contributed by atoms with Crippen molar-refractivity contribution in [3.63, 3.8) is 0 Å². The summed E-state index contributed by atoms with van der Waals surface area (Å²) in [5.41, 5.74) is 0.508. The molecule has 1 unspecified atom stereocenters. The number of carbonyl (C=O) groups excluding carboxylic acids is 1. The summed E-state index contributed by atoms with van der Waals surface area (Å²) in [4.78, 5) is 12.3. The third-order valence-corrected chi connectivity index (χ3v) is 6.98. The first-order valence-electron chi connectivity index (χ1n) is 20.3. The van der Waals surface area contributed by atoms with Gasteiger partial charge in [0.2, 0.25) is 6.73 Å². The van der Waals surface area contributed by atoms with Crippen molar-refractivity contribution in [2.45, 2.75) is 123 Å². The van der Waals surface area contributed by atoms with Crippen molar-refractivity contribution in [2.24, 2.45) is 0 Å². The molecule has 0 saturated carbocycles. The number of unbranched alkanes of at least 4 members (excludes halogenated alkanes) is 11. The molecule has 218 valence electrons. The molecule has 1 aromatic rings. The molecule has 0 aliphatic carbocycles. The number of quaternary nitrogens is 1. The van der Waals surface area contributed by atoms with Gasteiger partial charge in [0.1, 0.15) is 12.2 Å². The number of hydrogen-bond donors (Lipinski definition) is 0. The lowest BCUT2D eigenvalue weighted by Crippen LogP contribution is -2.49. The molecular weight excluding hydrogens is 498 g/mol. The van der Waals surface area contributed by atoms with Crippen LogP contribution in [0.5, 0.6) is 5.88 Å². The maximum Gasteiger partial charge on any atom is 0.512 e. The minimum absolute atomic E-state index is 0.0136. The van der Waals surface area contributed by atoms with Gasteiger partial charge in [-0.3, -0.25) is 4.48 Å². The zero-order chi connectivity index (χ0) is 38.8. The van der Waals surface area contributed by atoms with E-state index >= 15 is 0 Å². The summed E-state index contributed by atoms with van der Waals surface area (Å²) in [6, 6.07) is 0. The quantitative estimate of drug-likeness (QED) is 0.0797. The van der Waals surface area contributed by atoms with E-state index in [1.165, 1.54) is 57.8 Å². The first kappa shape index (κ1) is 17.9. The Morgan fingerprint density at radius 2 is 1.71 bits per heavy atom. The average Bonchev–Trinajstić information content (AvgIpc) is 3.49. The summed E-state index contributed by atoms with van der Waals surface area (Å²) in [6.07, 6.45) is -0.197. The van der Waals surface area contributed by atoms with Gasteiger partial charge in [0.25, 0.3) is 5.88 Å². The Hall–Kier alpha value is -1.67. The Kier molecular flexibility index (Phi) is 9.55. The highest BCUT2D eigenvalue weighted by Gasteiger charge is 2.31. The van der Waals surface area contributed by atoms with E-state index in [0.717, 1.165) is 19.3 Å². The zero-order valence-electron chi connectivity index (χ0n) is 36.0. The van der Waals surface area contributed by atoms with Crippen molar-refractivity contribution in [3.05, 3.63) is 11.8 Å². The summed E-state index contributed by atoms with van der Waals surface area (Å²) >= 11 is 0.603. The van der Waals surface area contributed by atoms with Gasteiger partial charge in [0.15, 0.2) is 0 Å². The van der Waals surface area contributed by atoms with Gasteiger partial charge in [-0.2, -0.15) is 4.37 Å². The minimum atomic E-state index is -4.07. The third-order valence-electron chi connectivity index (χ3n) is 6.47. The van der Waals surface area contributed by atoms with Gasteiger partial charge in [0.05, 0.1) is 41.2 Å². The van der Waals surface area contributed by atoms with Crippen molar-refractivity contribution in [2.75, 3.05) is 40.0 Å². The Morgan fingerprint density at radius 3 is 2.42 bits per heavy atom. The molecule has 0 aromatic carbocycles. The summed E-state index contributed by atoms with van der Waals surface area (Å²) in [5.74, 6) is -0.522. The largest absolute Gasteiger partial charge is 0.512 e. The second kappa shape index (κ2) is 20.3. The Labute approximate surface area is 254 Å². The van der Waals surface area contributed by atoms with Crippen LogP contribution in [0.1, 0.15) is 146 Å². The first-order chi connectivity index (χ1) is 23.5. The smallest absolute Gasteiger partial charge is 0.475 e. The van der Waals surface area contributed by atoms with E-state index in [9.17, 15) is 4.79 Å². The normalized spacial score (nSPS) is 24.6. The van der Waals surface area contributed by atoms with Crippen molar-refractivity contribution in [1.29, 1.82) is 0 Å². The van der Waals surface area contributed by atoms with E-state index in [2.05, 4.69) is 15.7 Å². The Morgan fingerprint density at radius 1 is 1.00 bits per heavy atom. The molecular formula is C30H54N3O4S+. The van der Waals surface area contributed by atoms with Crippen LogP contribution in [-0.4, -0.2) is 59.4 Å². The van der Waals surface area contributed by atoms with E-state index in [1.807, 2.05) is 7.05 Å². The Bertz CT molecular complexity index is 1280. The monoisotopic (exact) mass is 565 g/mol. The van der Waals surface area contributed by atoms with Crippen LogP contribution in [-0.2, 0) is 9.47 Å². The molecule has 0 bridgehead atoms. The molecule has 0 amide bonds. The van der Waals surface area contributed by atoms with E-state index < -0.39 is 50.9 Å². The topological polar surface area (TPSA) is 70.5 Å². The van der Waals surface area contributed by atoms with Crippen LogP contribution in [0, 0.1) is 0 Å². The van der Waals surface area contributed by atoms with Crippen LogP contribution >= 0.6 is 11.7 Å². The third kappa shape index (κ3) is 13.9. The molecule has 8 heteroatoms. The predicted molar refractivity (Wildman–Crippen MR) is 156 cm³/mol. The van der Waals surface area contributed by atoms with E-state index in [4.69, 9.17) is 32.0 Å². The summed E-state index contributed by atoms with van der Waals surface area (Å²) in [5, 5.41) is 0. The fraction of sp³-hybridized carbons (Fsp3) is 0.833. The summed E-state index contributed by atoms with van der Waals surface area (Å²) in [6.45, 7) is -4.19. The highest BCUT2D eigenvalue weighted by atomic mass is 32.1. The first-order valence-corrected chi connectivity index (χ1v) is 14.5. The van der Waals surface area contributed by atoms with Crippen molar-refractivity contribution < 1.29 is 41.3 Å². The van der Waals surface area contributed by atoms with E-state index in [-0.39, 0.29) is 30.1 Å². The predicted octanol–water partition coefficient (Wildman–Crippen LogP) is 8.54. The van der Waals surface area contributed by atoms with Gasteiger partial charge >= 0.3 is 6.16 Å². The number of ether oxygens (including phenoxy) is 3. The fourth-order valence-corrected chi connectivity index (χ4v) is 4.86. The van der Waals surface area contributed by atoms with Crippen molar-refractivity contribution in [3.8, 4) is 5.88 Å². The lowest BCUT2D eigenvalue weighted by Gasteiger charge is -2.36. The number of likely N-dealkylation sites (N-methyl/N-ethyl adjacent to an activating group) is 1. The number of aromatic nitrogens is 2. The van der Waals surface area contributed by atoms with Gasteiger partial charge < -0.3 is 14.2 Å². The number of carbonyl (C=O) groups is 1. The maximum absolute atomic E-state index is 12.3. The van der Waals surface area contributed by atoms with Crippen molar-refractivity contribution in [1.82, 2.24) is 8.75 Å². The molecule has 2 heterocycles. The molecule has 0 radical (unpaired) electrons. The standard InChI is InChI=1S/C30H54N3O4S/c1-4-6-8-10-11-12-13-14-15-16-17-19-24-36-30(34)37-26-33(3)22-20-21-27(25-33)28-29(32-38-31-28)35-23-18-9-7-5-2/h21H,4-20,22-26H2,1-3H3/q+1/i2D3,5D2,7D2,9D2,18D2,23D2. The number of nitrogens with zero attached hydrogens (tertiary/aromatic N) is 3. The van der Waals surface area contributed by atoms with Gasteiger partial charge in [-0.25, -0.2) is 4.79 Å². The van der Waals surface area contributed by atoms with Gasteiger partial charge in [0, 0.05) is 27.1 Å². The van der Waals surface area contributed by atoms with E-state index in [1.54, 1.807) is 6.08 Å². The van der Waals surface area contributed by atoms with Crippen LogP contribution < -0.4 is 4.74 Å². The molecule has 1 aliphatic rings. The minimum Gasteiger partial charge on any atom is -0.475 e. The summed E-state index contributed by atoms with van der Waals surface area (Å²) in [7, 11) is 1.82. The SMILES string of the molecule is [2H]C([2H])([2H])C([2H])([2H])C([2H])([2H])C([2H])([2H])C([2H])([2H])C([2H])([2H])Oc1nsnc1C1=CCC[N+](C)(COC(=O)OCCCCCCCCCCCCCC)C1. The second-order valence-electron chi connectivity index (χ2n) is 9.90. The number of hydrogen-bond acceptors (Lipinski definition) is 7. The highest BCUT2D eigenvalue weighted by molar-refractivity contribution is 6.99. The lowest BCUT2D eigenvalue weighted by atomic mass is 10.1. The highest BCUT2D eigenvalue weighted by Crippen LogP contribution is 2.30. The van der Waals surface area contributed by atoms with Crippen LogP contribution in [0.15, 0.2) is 6.08 Å². The number of rotatable bonds is 22. The maximum atomic E-state index is 12.3. The van der Waals surface area contributed by atoms with Crippen LogP contribution in [0.2, 0.25) is 0 Å². The molecule has 38 heavy (non-hydrogen) atoms. The van der Waals surface area contributed by atoms with Gasteiger partial charge in [-0.1, -0.05) is 110 Å². The summed E-state index contributed by atoms with van der Waals surface area (Å²) < 4.78 is 127. The lowest BCUT2D eigenvalue weighted by molar-refractivity contribution is -0.919. The molecule has 2 rings (SSSR count). The van der Waals surface area contributed by atoms with Crippen LogP contribution in [0.3, 0.4) is 0 Å². The molecule has 7 nitrogen and oxygen atoms in total. The molecule has 0 N–H and O–H groups in total. The van der Waals surface area contributed by atoms with Gasteiger partial charge in [-0.05, 0) is 12.8 Å². The van der Waals surface area contributed by atoms with Gasteiger partial charge in [-0.15, -0.1) is 4.37 Å². The second-order valence-corrected chi connectivity index (χ2v) is 10.4. The molecule has 0 spiro atoms. The van der Waals surface area contributed by atoms with Crippen LogP contribution in [0.4, 0.5) is 4.79 Å². The molecule has 1 aromatic heterocycles. The average molecular weight is 566 g/mol.